The molecule has 1 nitrogen and oxygen atoms in total. The van der Waals surface area contributed by atoms with Gasteiger partial charge in [-0.05, 0) is 17.9 Å². The van der Waals surface area contributed by atoms with Crippen LogP contribution in [-0.4, -0.2) is 5.17 Å². The van der Waals surface area contributed by atoms with Gasteiger partial charge in [-0.25, -0.2) is 4.99 Å². The Kier molecular flexibility index (Phi) is 3.37. The van der Waals surface area contributed by atoms with Gasteiger partial charge in [-0.3, -0.25) is 0 Å². The van der Waals surface area contributed by atoms with E-state index in [2.05, 4.69) is 4.99 Å². The van der Waals surface area contributed by atoms with Crippen LogP contribution in [-0.2, 0) is 0 Å². The number of hydrogen-bond acceptors (Lipinski definition) is 2. The molecule has 4 heteroatoms. The maximum Gasteiger partial charge on any atom is 0.136 e. The van der Waals surface area contributed by atoms with Crippen LogP contribution in [0.25, 0.3) is 0 Å². The molecule has 0 unspecified atom stereocenters. The third-order valence-electron chi connectivity index (χ3n) is 1.11. The number of aliphatic imine (C=N–C) groups is 1. The summed E-state index contributed by atoms with van der Waals surface area (Å²) >= 11 is 13.0. The van der Waals surface area contributed by atoms with Crippen LogP contribution in [0.4, 0.5) is 5.00 Å². The van der Waals surface area contributed by atoms with E-state index in [9.17, 15) is 0 Å². The number of halogens is 2. The van der Waals surface area contributed by atoms with Crippen molar-refractivity contribution in [2.24, 2.45) is 4.99 Å². The van der Waals surface area contributed by atoms with Gasteiger partial charge >= 0.3 is 0 Å². The fraction of sp³-hybridized carbons (Fsp3) is 0.286. The van der Waals surface area contributed by atoms with E-state index in [1.54, 1.807) is 0 Å². The number of hydrogen-bond donors (Lipinski definition) is 0. The topological polar surface area (TPSA) is 12.4 Å². The van der Waals surface area contributed by atoms with E-state index in [1.807, 2.05) is 18.4 Å². The van der Waals surface area contributed by atoms with E-state index in [4.69, 9.17) is 23.2 Å². The highest BCUT2D eigenvalue weighted by molar-refractivity contribution is 7.14. The summed E-state index contributed by atoms with van der Waals surface area (Å²) < 4.78 is 0. The van der Waals surface area contributed by atoms with E-state index in [-0.39, 0.29) is 0 Å². The quantitative estimate of drug-likeness (QED) is 0.649. The lowest BCUT2D eigenvalue weighted by Crippen LogP contribution is -1.78. The monoisotopic (exact) mass is 207 g/mol. The first-order valence-corrected chi connectivity index (χ1v) is 4.83. The van der Waals surface area contributed by atoms with Crippen LogP contribution in [0, 0.1) is 0 Å². The van der Waals surface area contributed by atoms with Gasteiger partial charge in [0.25, 0.3) is 0 Å². The van der Waals surface area contributed by atoms with E-state index in [1.165, 1.54) is 11.3 Å². The lowest BCUT2D eigenvalue weighted by atomic mass is 10.5. The van der Waals surface area contributed by atoms with E-state index >= 15 is 0 Å². The Labute approximate surface area is 79.7 Å². The van der Waals surface area contributed by atoms with Crippen molar-refractivity contribution in [2.45, 2.75) is 13.3 Å². The third-order valence-corrected chi connectivity index (χ3v) is 2.69. The molecule has 0 radical (unpaired) electrons. The van der Waals surface area contributed by atoms with Crippen molar-refractivity contribution in [1.29, 1.82) is 0 Å². The Bertz CT molecular complexity index is 267. The average molecular weight is 208 g/mol. The van der Waals surface area contributed by atoms with Gasteiger partial charge in [-0.2, -0.15) is 0 Å². The Morgan fingerprint density at radius 3 is 2.91 bits per heavy atom. The standard InChI is InChI=1S/C7H7Cl2NS/c1-2-6(9)10-7-5(8)3-4-11-7/h3-4H,2H2,1H3. The van der Waals surface area contributed by atoms with Gasteiger partial charge in [0.15, 0.2) is 0 Å². The molecule has 1 rings (SSSR count). The van der Waals surface area contributed by atoms with Gasteiger partial charge < -0.3 is 0 Å². The normalized spacial score (nSPS) is 12.1. The minimum Gasteiger partial charge on any atom is -0.229 e. The second-order valence-corrected chi connectivity index (χ2v) is 3.65. The summed E-state index contributed by atoms with van der Waals surface area (Å²) in [7, 11) is 0. The van der Waals surface area contributed by atoms with Crippen LogP contribution in [0.15, 0.2) is 16.4 Å². The molecule has 0 aromatic carbocycles. The van der Waals surface area contributed by atoms with E-state index in [0.29, 0.717) is 10.2 Å². The molecule has 0 aliphatic carbocycles. The van der Waals surface area contributed by atoms with Crippen LogP contribution < -0.4 is 0 Å². The fourth-order valence-electron chi connectivity index (χ4n) is 0.555. The Morgan fingerprint density at radius 1 is 1.73 bits per heavy atom. The molecule has 60 valence electrons. The summed E-state index contributed by atoms with van der Waals surface area (Å²) in [5.41, 5.74) is 0. The lowest BCUT2D eigenvalue weighted by Gasteiger charge is -1.90. The molecule has 0 saturated carbocycles. The van der Waals surface area contributed by atoms with Crippen molar-refractivity contribution in [3.8, 4) is 0 Å². The van der Waals surface area contributed by atoms with E-state index < -0.39 is 0 Å². The van der Waals surface area contributed by atoms with Crippen molar-refractivity contribution in [2.75, 3.05) is 0 Å². The highest BCUT2D eigenvalue weighted by Crippen LogP contribution is 2.31. The lowest BCUT2D eigenvalue weighted by molar-refractivity contribution is 1.30. The minimum atomic E-state index is 0.592. The third kappa shape index (κ3) is 2.47. The number of nitrogens with zero attached hydrogens (tertiary/aromatic N) is 1. The molecule has 0 amide bonds. The first kappa shape index (κ1) is 9.04. The highest BCUT2D eigenvalue weighted by Gasteiger charge is 1.99. The smallest absolute Gasteiger partial charge is 0.136 e. The van der Waals surface area contributed by atoms with Crippen LogP contribution in [0.3, 0.4) is 0 Å². The first-order chi connectivity index (χ1) is 5.24. The second kappa shape index (κ2) is 4.10. The Hall–Kier alpha value is -0.0500. The summed E-state index contributed by atoms with van der Waals surface area (Å²) in [6, 6.07) is 1.81. The summed E-state index contributed by atoms with van der Waals surface area (Å²) in [6.45, 7) is 1.95. The summed E-state index contributed by atoms with van der Waals surface area (Å²) in [5.74, 6) is 0. The van der Waals surface area contributed by atoms with Gasteiger partial charge in [0.05, 0.1) is 5.02 Å². The van der Waals surface area contributed by atoms with Crippen LogP contribution in [0.5, 0.6) is 0 Å². The van der Waals surface area contributed by atoms with Gasteiger partial charge in [0, 0.05) is 0 Å². The molecule has 0 aliphatic heterocycles. The molecule has 0 atom stereocenters. The molecule has 0 saturated heterocycles. The van der Waals surface area contributed by atoms with Crippen LogP contribution >= 0.6 is 34.5 Å². The van der Waals surface area contributed by atoms with Crippen LogP contribution in [0.1, 0.15) is 13.3 Å². The van der Waals surface area contributed by atoms with Gasteiger partial charge in [0.1, 0.15) is 10.2 Å². The molecule has 0 fully saturated rings. The summed E-state index contributed by atoms with van der Waals surface area (Å²) in [5, 5.41) is 3.94. The van der Waals surface area contributed by atoms with Gasteiger partial charge in [-0.1, -0.05) is 30.1 Å². The van der Waals surface area contributed by atoms with Gasteiger partial charge in [0.2, 0.25) is 0 Å². The zero-order chi connectivity index (χ0) is 8.27. The zero-order valence-electron chi connectivity index (χ0n) is 5.97. The molecule has 1 aromatic heterocycles. The molecule has 0 aliphatic rings. The number of thiophene rings is 1. The SMILES string of the molecule is CCC(Cl)=Nc1sccc1Cl. The number of rotatable bonds is 2. The fourth-order valence-corrected chi connectivity index (χ4v) is 1.68. The Morgan fingerprint density at radius 2 is 2.45 bits per heavy atom. The highest BCUT2D eigenvalue weighted by atomic mass is 35.5. The van der Waals surface area contributed by atoms with Crippen molar-refractivity contribution >= 4 is 44.7 Å². The van der Waals surface area contributed by atoms with Crippen LogP contribution in [0.2, 0.25) is 5.02 Å². The van der Waals surface area contributed by atoms with Crippen molar-refractivity contribution < 1.29 is 0 Å². The molecule has 1 heterocycles. The molecule has 0 spiro atoms. The second-order valence-electron chi connectivity index (χ2n) is 1.92. The average Bonchev–Trinajstić information content (AvgIpc) is 2.37. The van der Waals surface area contributed by atoms with Crippen molar-refractivity contribution in [3.05, 3.63) is 16.5 Å². The molecule has 11 heavy (non-hydrogen) atoms. The van der Waals surface area contributed by atoms with Crippen molar-refractivity contribution in [1.82, 2.24) is 0 Å². The largest absolute Gasteiger partial charge is 0.229 e. The molecular formula is C7H7Cl2NS. The predicted octanol–water partition coefficient (Wildman–Crippen LogP) is 4.08. The predicted molar refractivity (Wildman–Crippen MR) is 52.6 cm³/mol. The summed E-state index contributed by atoms with van der Waals surface area (Å²) in [4.78, 5) is 4.11. The summed E-state index contributed by atoms with van der Waals surface area (Å²) in [6.07, 6.45) is 0.746. The zero-order valence-corrected chi connectivity index (χ0v) is 8.30. The maximum absolute atomic E-state index is 5.79. The molecule has 0 N–H and O–H groups in total. The maximum atomic E-state index is 5.79. The minimum absolute atomic E-state index is 0.592. The molecule has 0 bridgehead atoms. The van der Waals surface area contributed by atoms with Crippen molar-refractivity contribution in [3.63, 3.8) is 0 Å². The Balaban J connectivity index is 2.86. The first-order valence-electron chi connectivity index (χ1n) is 3.20. The molecular weight excluding hydrogens is 201 g/mol. The molecule has 1 aromatic rings. The van der Waals surface area contributed by atoms with Gasteiger partial charge in [-0.15, -0.1) is 11.3 Å². The van der Waals surface area contributed by atoms with E-state index in [0.717, 1.165) is 11.4 Å².